The molecular formula is C38H60N2O6S. The minimum absolute atomic E-state index is 0.0681. The van der Waals surface area contributed by atoms with Crippen LogP contribution in [0, 0.1) is 0 Å². The lowest BCUT2D eigenvalue weighted by Gasteiger charge is -2.09. The van der Waals surface area contributed by atoms with Gasteiger partial charge in [-0.1, -0.05) is 129 Å². The zero-order valence-electron chi connectivity index (χ0n) is 29.0. The first-order valence-electron chi connectivity index (χ1n) is 18.2. The molecule has 0 aliphatic rings. The van der Waals surface area contributed by atoms with Crippen molar-refractivity contribution in [3.05, 3.63) is 48.5 Å². The van der Waals surface area contributed by atoms with E-state index in [0.717, 1.165) is 25.7 Å². The van der Waals surface area contributed by atoms with Crippen LogP contribution in [-0.4, -0.2) is 33.7 Å². The number of ether oxygens (including phenoxy) is 2. The molecule has 0 aliphatic carbocycles. The molecule has 8 nitrogen and oxygen atoms in total. The summed E-state index contributed by atoms with van der Waals surface area (Å²) in [5.41, 5.74) is 0. The van der Waals surface area contributed by atoms with Gasteiger partial charge >= 0.3 is 12.2 Å². The van der Waals surface area contributed by atoms with Crippen molar-refractivity contribution >= 4 is 22.0 Å². The largest absolute Gasteiger partial charge is 0.412 e. The van der Waals surface area contributed by atoms with Crippen molar-refractivity contribution in [3.63, 3.8) is 0 Å². The molecule has 2 aromatic carbocycles. The maximum atomic E-state index is 13.1. The van der Waals surface area contributed by atoms with E-state index >= 15 is 0 Å². The van der Waals surface area contributed by atoms with Gasteiger partial charge in [0.25, 0.3) is 0 Å². The molecule has 2 amide bonds. The highest BCUT2D eigenvalue weighted by Crippen LogP contribution is 2.25. The monoisotopic (exact) mass is 672 g/mol. The number of rotatable bonds is 26. The molecule has 2 rings (SSSR count). The Hall–Kier alpha value is -3.07. The Kier molecular flexibility index (Phi) is 21.3. The van der Waals surface area contributed by atoms with E-state index in [4.69, 9.17) is 9.47 Å². The number of hydrogen-bond donors (Lipinski definition) is 2. The molecule has 2 aromatic rings. The highest BCUT2D eigenvalue weighted by Gasteiger charge is 2.18. The number of sulfone groups is 1. The van der Waals surface area contributed by atoms with Crippen LogP contribution in [0.2, 0.25) is 0 Å². The van der Waals surface area contributed by atoms with Gasteiger partial charge < -0.3 is 20.1 Å². The minimum atomic E-state index is -3.81. The second-order valence-electron chi connectivity index (χ2n) is 12.4. The van der Waals surface area contributed by atoms with Gasteiger partial charge in [0.05, 0.1) is 9.79 Å². The van der Waals surface area contributed by atoms with Crippen molar-refractivity contribution < 1.29 is 27.5 Å². The highest BCUT2D eigenvalue weighted by molar-refractivity contribution is 7.91. The van der Waals surface area contributed by atoms with Crippen LogP contribution in [-0.2, 0) is 9.84 Å². The lowest BCUT2D eigenvalue weighted by molar-refractivity contribution is 0.199. The first kappa shape index (κ1) is 40.1. The van der Waals surface area contributed by atoms with Crippen LogP contribution in [0.3, 0.4) is 0 Å². The van der Waals surface area contributed by atoms with Gasteiger partial charge in [0.2, 0.25) is 9.84 Å². The summed E-state index contributed by atoms with van der Waals surface area (Å²) in [6.07, 6.45) is 23.4. The van der Waals surface area contributed by atoms with Gasteiger partial charge in [-0.25, -0.2) is 18.0 Å². The summed E-state index contributed by atoms with van der Waals surface area (Å²) < 4.78 is 36.8. The van der Waals surface area contributed by atoms with Gasteiger partial charge in [0.1, 0.15) is 11.5 Å². The van der Waals surface area contributed by atoms with E-state index in [2.05, 4.69) is 24.5 Å². The molecule has 2 N–H and O–H groups in total. The Morgan fingerprint density at radius 2 is 0.745 bits per heavy atom. The lowest BCUT2D eigenvalue weighted by Crippen LogP contribution is -2.27. The molecule has 0 bridgehead atoms. The summed E-state index contributed by atoms with van der Waals surface area (Å²) in [7, 11) is -3.81. The van der Waals surface area contributed by atoms with Crippen LogP contribution in [0.4, 0.5) is 9.59 Å². The van der Waals surface area contributed by atoms with Gasteiger partial charge in [-0.3, -0.25) is 0 Å². The summed E-state index contributed by atoms with van der Waals surface area (Å²) in [4.78, 5) is 24.4. The quantitative estimate of drug-likeness (QED) is 0.0962. The predicted molar refractivity (Wildman–Crippen MR) is 190 cm³/mol. The first-order valence-corrected chi connectivity index (χ1v) is 19.7. The van der Waals surface area contributed by atoms with E-state index in [1.807, 2.05) is 0 Å². The van der Waals surface area contributed by atoms with Crippen molar-refractivity contribution in [2.24, 2.45) is 0 Å². The van der Waals surface area contributed by atoms with Gasteiger partial charge in [0.15, 0.2) is 0 Å². The fourth-order valence-electron chi connectivity index (χ4n) is 5.40. The molecule has 0 heterocycles. The van der Waals surface area contributed by atoms with Crippen LogP contribution in [0.1, 0.15) is 142 Å². The van der Waals surface area contributed by atoms with E-state index in [1.54, 1.807) is 0 Å². The maximum absolute atomic E-state index is 13.1. The summed E-state index contributed by atoms with van der Waals surface area (Å²) in [5, 5.41) is 5.51. The van der Waals surface area contributed by atoms with Gasteiger partial charge in [0, 0.05) is 13.1 Å². The third kappa shape index (κ3) is 18.2. The number of nitrogens with one attached hydrogen (secondary N) is 2. The maximum Gasteiger partial charge on any atom is 0.412 e. The number of hydrogen-bond acceptors (Lipinski definition) is 6. The fourth-order valence-corrected chi connectivity index (χ4v) is 6.66. The van der Waals surface area contributed by atoms with Crippen LogP contribution in [0.5, 0.6) is 11.5 Å². The number of carbonyl (C=O) groups excluding carboxylic acids is 2. The summed E-state index contributed by atoms with van der Waals surface area (Å²) in [6, 6.07) is 11.5. The van der Waals surface area contributed by atoms with Crippen molar-refractivity contribution in [2.75, 3.05) is 13.1 Å². The SMILES string of the molecule is CCCCCCCCCCCCNC(=O)Oc1ccc(S(=O)(=O)c2ccc(OC(=O)NCCCCCCCCCCCC)cc2)cc1. The topological polar surface area (TPSA) is 111 Å². The molecule has 47 heavy (non-hydrogen) atoms. The van der Waals surface area contributed by atoms with Crippen LogP contribution in [0.25, 0.3) is 0 Å². The van der Waals surface area contributed by atoms with Gasteiger partial charge in [-0.05, 0) is 61.4 Å². The molecular weight excluding hydrogens is 612 g/mol. The molecule has 0 fully saturated rings. The second kappa shape index (κ2) is 25.0. The number of benzene rings is 2. The molecule has 0 radical (unpaired) electrons. The van der Waals surface area contributed by atoms with Crippen molar-refractivity contribution in [1.29, 1.82) is 0 Å². The van der Waals surface area contributed by atoms with Gasteiger partial charge in [-0.15, -0.1) is 0 Å². The Bertz CT molecular complexity index is 1130. The average molecular weight is 673 g/mol. The molecule has 9 heteroatoms. The van der Waals surface area contributed by atoms with Gasteiger partial charge in [-0.2, -0.15) is 0 Å². The predicted octanol–water partition coefficient (Wildman–Crippen LogP) is 10.5. The van der Waals surface area contributed by atoms with E-state index < -0.39 is 22.0 Å². The van der Waals surface area contributed by atoms with Crippen LogP contribution >= 0.6 is 0 Å². The minimum Gasteiger partial charge on any atom is -0.410 e. The first-order chi connectivity index (χ1) is 22.9. The summed E-state index contributed by atoms with van der Waals surface area (Å²) >= 11 is 0. The Labute approximate surface area is 284 Å². The molecule has 0 saturated carbocycles. The molecule has 264 valence electrons. The Morgan fingerprint density at radius 1 is 0.468 bits per heavy atom. The normalized spacial score (nSPS) is 11.3. The number of unbranched alkanes of at least 4 members (excludes halogenated alkanes) is 18. The van der Waals surface area contributed by atoms with Crippen LogP contribution in [0.15, 0.2) is 58.3 Å². The smallest absolute Gasteiger partial charge is 0.410 e. The Balaban J connectivity index is 1.63. The van der Waals surface area contributed by atoms with E-state index in [-0.39, 0.29) is 21.3 Å². The number of carbonyl (C=O) groups is 2. The molecule has 0 aromatic heterocycles. The average Bonchev–Trinajstić information content (AvgIpc) is 3.06. The molecule has 0 spiro atoms. The standard InChI is InChI=1S/C38H60N2O6S/c1-3-5-7-9-11-13-15-17-19-21-31-39-37(41)45-33-23-27-35(28-24-33)47(43,44)36-29-25-34(26-30-36)46-38(42)40-32-22-20-18-16-14-12-10-8-6-4-2/h23-30H,3-22,31-32H2,1-2H3,(H,39,41)(H,40,42). The molecule has 0 unspecified atom stereocenters. The van der Waals surface area contributed by atoms with Crippen molar-refractivity contribution in [1.82, 2.24) is 10.6 Å². The van der Waals surface area contributed by atoms with Crippen molar-refractivity contribution in [3.8, 4) is 11.5 Å². The lowest BCUT2D eigenvalue weighted by atomic mass is 10.1. The van der Waals surface area contributed by atoms with Crippen molar-refractivity contribution in [2.45, 2.75) is 152 Å². The summed E-state index contributed by atoms with van der Waals surface area (Å²) in [5.74, 6) is 0.522. The summed E-state index contributed by atoms with van der Waals surface area (Å²) in [6.45, 7) is 5.55. The third-order valence-electron chi connectivity index (χ3n) is 8.29. The van der Waals surface area contributed by atoms with E-state index in [9.17, 15) is 18.0 Å². The van der Waals surface area contributed by atoms with E-state index in [1.165, 1.54) is 151 Å². The highest BCUT2D eigenvalue weighted by atomic mass is 32.2. The van der Waals surface area contributed by atoms with Crippen LogP contribution < -0.4 is 20.1 Å². The third-order valence-corrected chi connectivity index (χ3v) is 10.1. The number of amides is 2. The molecule has 0 saturated heterocycles. The Morgan fingerprint density at radius 3 is 1.04 bits per heavy atom. The fraction of sp³-hybridized carbons (Fsp3) is 0.632. The zero-order chi connectivity index (χ0) is 34.0. The molecule has 0 aliphatic heterocycles. The molecule has 0 atom stereocenters. The zero-order valence-corrected chi connectivity index (χ0v) is 29.8. The van der Waals surface area contributed by atoms with E-state index in [0.29, 0.717) is 13.1 Å². The second-order valence-corrected chi connectivity index (χ2v) is 14.4.